The highest BCUT2D eigenvalue weighted by molar-refractivity contribution is 6.09. The van der Waals surface area contributed by atoms with Crippen LogP contribution >= 0.6 is 0 Å². The Morgan fingerprint density at radius 1 is 1.25 bits per heavy atom. The number of Topliss-reactive ketones (excluding diaryl/α,β-unsaturated/α-hetero) is 2. The monoisotopic (exact) mass is 217 g/mol. The second-order valence-corrected chi connectivity index (χ2v) is 4.64. The van der Waals surface area contributed by atoms with Gasteiger partial charge in [-0.05, 0) is 30.5 Å². The molecule has 0 aromatic carbocycles. The van der Waals surface area contributed by atoms with Crippen molar-refractivity contribution in [1.29, 1.82) is 0 Å². The third kappa shape index (κ3) is 2.03. The summed E-state index contributed by atoms with van der Waals surface area (Å²) in [5.74, 6) is -0.402. The molecular formula is C13H15NO2. The van der Waals surface area contributed by atoms with Gasteiger partial charge in [-0.15, -0.1) is 0 Å². The Balaban J connectivity index is 2.33. The van der Waals surface area contributed by atoms with E-state index >= 15 is 0 Å². The average molecular weight is 217 g/mol. The highest BCUT2D eigenvalue weighted by Crippen LogP contribution is 2.29. The van der Waals surface area contributed by atoms with Crippen molar-refractivity contribution in [2.24, 2.45) is 5.92 Å². The Morgan fingerprint density at radius 2 is 1.88 bits per heavy atom. The van der Waals surface area contributed by atoms with Gasteiger partial charge in [0.15, 0.2) is 0 Å². The van der Waals surface area contributed by atoms with Crippen molar-refractivity contribution in [3.05, 3.63) is 29.6 Å². The molecule has 1 fully saturated rings. The molecule has 3 nitrogen and oxygen atoms in total. The maximum absolute atomic E-state index is 11.9. The molecule has 0 spiro atoms. The van der Waals surface area contributed by atoms with Crippen LogP contribution < -0.4 is 0 Å². The Morgan fingerprint density at radius 3 is 2.44 bits per heavy atom. The molecule has 0 unspecified atom stereocenters. The van der Waals surface area contributed by atoms with Crippen molar-refractivity contribution in [3.8, 4) is 0 Å². The zero-order chi connectivity index (χ0) is 11.7. The van der Waals surface area contributed by atoms with E-state index in [0.29, 0.717) is 18.5 Å². The van der Waals surface area contributed by atoms with Crippen LogP contribution in [0.3, 0.4) is 0 Å². The molecule has 16 heavy (non-hydrogen) atoms. The van der Waals surface area contributed by atoms with Gasteiger partial charge in [-0.2, -0.15) is 0 Å². The van der Waals surface area contributed by atoms with Gasteiger partial charge >= 0.3 is 0 Å². The first-order valence-electron chi connectivity index (χ1n) is 5.56. The number of rotatable bonds is 1. The molecule has 0 saturated heterocycles. The molecule has 0 aliphatic heterocycles. The van der Waals surface area contributed by atoms with Crippen LogP contribution in [0.5, 0.6) is 0 Å². The Labute approximate surface area is 94.9 Å². The van der Waals surface area contributed by atoms with Gasteiger partial charge in [-0.1, -0.05) is 6.92 Å². The van der Waals surface area contributed by atoms with Gasteiger partial charge in [0.1, 0.15) is 17.5 Å². The molecule has 1 aromatic heterocycles. The highest BCUT2D eigenvalue weighted by Gasteiger charge is 2.35. The summed E-state index contributed by atoms with van der Waals surface area (Å²) in [4.78, 5) is 27.9. The number of hydrogen-bond acceptors (Lipinski definition) is 3. The van der Waals surface area contributed by atoms with Crippen molar-refractivity contribution in [2.75, 3.05) is 0 Å². The maximum Gasteiger partial charge on any atom is 0.149 e. The number of pyridine rings is 1. The SMILES string of the molecule is Cc1ccnc(C2C(=O)CC(C)CC2=O)c1. The summed E-state index contributed by atoms with van der Waals surface area (Å²) in [5.41, 5.74) is 1.64. The van der Waals surface area contributed by atoms with Gasteiger partial charge in [-0.3, -0.25) is 14.6 Å². The minimum absolute atomic E-state index is 0.0156. The predicted octanol–water partition coefficient (Wildman–Crippen LogP) is 2.04. The molecular weight excluding hydrogens is 202 g/mol. The van der Waals surface area contributed by atoms with E-state index in [1.54, 1.807) is 6.20 Å². The van der Waals surface area contributed by atoms with Gasteiger partial charge in [0, 0.05) is 19.0 Å². The fraction of sp³-hybridized carbons (Fsp3) is 0.462. The van der Waals surface area contributed by atoms with Crippen LogP contribution in [0.4, 0.5) is 0 Å². The fourth-order valence-corrected chi connectivity index (χ4v) is 2.22. The molecule has 1 aliphatic rings. The fourth-order valence-electron chi connectivity index (χ4n) is 2.22. The smallest absolute Gasteiger partial charge is 0.149 e. The normalized spacial score (nSPS) is 25.9. The van der Waals surface area contributed by atoms with E-state index in [1.807, 2.05) is 26.0 Å². The van der Waals surface area contributed by atoms with Gasteiger partial charge in [0.05, 0.1) is 5.69 Å². The lowest BCUT2D eigenvalue weighted by Crippen LogP contribution is -2.31. The average Bonchev–Trinajstić information content (AvgIpc) is 2.15. The summed E-state index contributed by atoms with van der Waals surface area (Å²) in [6, 6.07) is 3.69. The van der Waals surface area contributed by atoms with Crippen LogP contribution in [-0.4, -0.2) is 16.6 Å². The van der Waals surface area contributed by atoms with Crippen LogP contribution in [0, 0.1) is 12.8 Å². The topological polar surface area (TPSA) is 47.0 Å². The summed E-state index contributed by atoms with van der Waals surface area (Å²) >= 11 is 0. The van der Waals surface area contributed by atoms with Gasteiger partial charge < -0.3 is 0 Å². The summed E-state index contributed by atoms with van der Waals surface area (Å²) in [5, 5.41) is 0. The number of carbonyl (C=O) groups is 2. The molecule has 84 valence electrons. The van der Waals surface area contributed by atoms with Crippen molar-refractivity contribution in [2.45, 2.75) is 32.6 Å². The van der Waals surface area contributed by atoms with Crippen LogP contribution in [0.1, 0.15) is 36.9 Å². The molecule has 0 amide bonds. The van der Waals surface area contributed by atoms with Crippen LogP contribution in [0.2, 0.25) is 0 Å². The molecule has 0 bridgehead atoms. The van der Waals surface area contributed by atoms with Crippen LogP contribution in [0.25, 0.3) is 0 Å². The van der Waals surface area contributed by atoms with Gasteiger partial charge in [0.25, 0.3) is 0 Å². The summed E-state index contributed by atoms with van der Waals surface area (Å²) in [7, 11) is 0. The van der Waals surface area contributed by atoms with E-state index in [4.69, 9.17) is 0 Å². The Bertz CT molecular complexity index is 421. The van der Waals surface area contributed by atoms with Crippen LogP contribution in [0.15, 0.2) is 18.3 Å². The quantitative estimate of drug-likeness (QED) is 0.676. The Hall–Kier alpha value is -1.51. The van der Waals surface area contributed by atoms with Crippen molar-refractivity contribution < 1.29 is 9.59 Å². The molecule has 0 N–H and O–H groups in total. The van der Waals surface area contributed by atoms with Crippen molar-refractivity contribution in [3.63, 3.8) is 0 Å². The van der Waals surface area contributed by atoms with Gasteiger partial charge in [0.2, 0.25) is 0 Å². The van der Waals surface area contributed by atoms with Crippen LogP contribution in [-0.2, 0) is 9.59 Å². The second-order valence-electron chi connectivity index (χ2n) is 4.64. The molecule has 2 rings (SSSR count). The third-order valence-corrected chi connectivity index (χ3v) is 2.98. The largest absolute Gasteiger partial charge is 0.298 e. The van der Waals surface area contributed by atoms with E-state index in [0.717, 1.165) is 5.56 Å². The number of aryl methyl sites for hydroxylation is 1. The van der Waals surface area contributed by atoms with E-state index in [2.05, 4.69) is 4.98 Å². The number of ketones is 2. The predicted molar refractivity (Wildman–Crippen MR) is 60.1 cm³/mol. The summed E-state index contributed by atoms with van der Waals surface area (Å²) < 4.78 is 0. The molecule has 0 atom stereocenters. The third-order valence-electron chi connectivity index (χ3n) is 2.98. The first-order valence-corrected chi connectivity index (χ1v) is 5.56. The lowest BCUT2D eigenvalue weighted by molar-refractivity contribution is -0.133. The lowest BCUT2D eigenvalue weighted by Gasteiger charge is -2.23. The molecule has 1 aliphatic carbocycles. The molecule has 1 aromatic rings. The minimum atomic E-state index is -0.615. The number of hydrogen-bond donors (Lipinski definition) is 0. The number of nitrogens with zero attached hydrogens (tertiary/aromatic N) is 1. The summed E-state index contributed by atoms with van der Waals surface area (Å²) in [6.07, 6.45) is 2.64. The standard InChI is InChI=1S/C13H15NO2/c1-8-3-4-14-10(5-8)13-11(15)6-9(2)7-12(13)16/h3-5,9,13H,6-7H2,1-2H3. The summed E-state index contributed by atoms with van der Waals surface area (Å²) in [6.45, 7) is 3.88. The number of carbonyl (C=O) groups excluding carboxylic acids is 2. The lowest BCUT2D eigenvalue weighted by atomic mass is 9.79. The maximum atomic E-state index is 11.9. The number of aromatic nitrogens is 1. The highest BCUT2D eigenvalue weighted by atomic mass is 16.2. The zero-order valence-electron chi connectivity index (χ0n) is 9.56. The first-order chi connectivity index (χ1) is 7.58. The van der Waals surface area contributed by atoms with Gasteiger partial charge in [-0.25, -0.2) is 0 Å². The second kappa shape index (κ2) is 4.16. The van der Waals surface area contributed by atoms with E-state index in [9.17, 15) is 9.59 Å². The van der Waals surface area contributed by atoms with E-state index < -0.39 is 5.92 Å². The minimum Gasteiger partial charge on any atom is -0.298 e. The van der Waals surface area contributed by atoms with E-state index in [-0.39, 0.29) is 17.5 Å². The zero-order valence-corrected chi connectivity index (χ0v) is 9.56. The molecule has 3 heteroatoms. The van der Waals surface area contributed by atoms with Crippen molar-refractivity contribution >= 4 is 11.6 Å². The first kappa shape index (κ1) is 11.0. The Kier molecular flexibility index (Phi) is 2.86. The molecule has 1 heterocycles. The molecule has 0 radical (unpaired) electrons. The van der Waals surface area contributed by atoms with Crippen molar-refractivity contribution in [1.82, 2.24) is 4.98 Å². The van der Waals surface area contributed by atoms with E-state index in [1.165, 1.54) is 0 Å². The molecule has 1 saturated carbocycles.